The molecule has 1 saturated heterocycles. The fraction of sp³-hybridized carbons (Fsp3) is 0.400. The molecule has 3 aromatic rings. The number of ether oxygens (including phenoxy) is 1. The van der Waals surface area contributed by atoms with E-state index in [1.165, 1.54) is 0 Å². The maximum absolute atomic E-state index is 14.8. The van der Waals surface area contributed by atoms with Crippen LogP contribution in [0.2, 0.25) is 0 Å². The van der Waals surface area contributed by atoms with Crippen molar-refractivity contribution in [3.8, 4) is 5.75 Å². The first kappa shape index (κ1) is 34.2. The van der Waals surface area contributed by atoms with E-state index in [0.29, 0.717) is 19.5 Å². The van der Waals surface area contributed by atoms with Gasteiger partial charge < -0.3 is 20.5 Å². The van der Waals surface area contributed by atoms with Crippen LogP contribution in [0.25, 0.3) is 0 Å². The SMILES string of the molecule is NC(=O)[C@H](Cc1ccc(O)cc1)N1CCCCSSCCCCCN(C(=O)OCc2ccccc2)[C@@H](Cc2ccccc2)C1=O. The summed E-state index contributed by atoms with van der Waals surface area (Å²) < 4.78 is 5.82. The van der Waals surface area contributed by atoms with Crippen molar-refractivity contribution >= 4 is 39.5 Å². The van der Waals surface area contributed by atoms with Gasteiger partial charge >= 0.3 is 6.09 Å². The van der Waals surface area contributed by atoms with Crippen LogP contribution in [0.1, 0.15) is 48.8 Å². The van der Waals surface area contributed by atoms with Gasteiger partial charge in [-0.15, -0.1) is 0 Å². The molecule has 0 radical (unpaired) electrons. The predicted molar refractivity (Wildman–Crippen MR) is 182 cm³/mol. The summed E-state index contributed by atoms with van der Waals surface area (Å²) in [6.45, 7) is 0.764. The molecule has 10 heteroatoms. The van der Waals surface area contributed by atoms with Crippen LogP contribution in [0.4, 0.5) is 4.79 Å². The van der Waals surface area contributed by atoms with Crippen molar-refractivity contribution in [2.45, 2.75) is 63.6 Å². The first-order valence-electron chi connectivity index (χ1n) is 15.6. The van der Waals surface area contributed by atoms with Crippen LogP contribution in [0, 0.1) is 0 Å². The van der Waals surface area contributed by atoms with Gasteiger partial charge in [-0.1, -0.05) is 101 Å². The Morgan fingerprint density at radius 1 is 0.800 bits per heavy atom. The van der Waals surface area contributed by atoms with Crippen molar-refractivity contribution in [3.05, 3.63) is 102 Å². The number of phenols is 1. The summed E-state index contributed by atoms with van der Waals surface area (Å²) in [4.78, 5) is 44.8. The van der Waals surface area contributed by atoms with Crippen molar-refractivity contribution in [3.63, 3.8) is 0 Å². The average Bonchev–Trinajstić information content (AvgIpc) is 3.06. The summed E-state index contributed by atoms with van der Waals surface area (Å²) in [5.74, 6) is 1.14. The first-order chi connectivity index (χ1) is 21.9. The number of primary amides is 1. The summed E-state index contributed by atoms with van der Waals surface area (Å²) >= 11 is 0. The highest BCUT2D eigenvalue weighted by Gasteiger charge is 2.38. The molecule has 0 saturated carbocycles. The van der Waals surface area contributed by atoms with Crippen LogP contribution in [0.5, 0.6) is 5.75 Å². The number of carbonyl (C=O) groups is 3. The van der Waals surface area contributed by atoms with Crippen molar-refractivity contribution in [1.29, 1.82) is 0 Å². The quantitative estimate of drug-likeness (QED) is 0.279. The molecule has 240 valence electrons. The molecule has 8 nitrogen and oxygen atoms in total. The second-order valence-electron chi connectivity index (χ2n) is 11.2. The Kier molecular flexibility index (Phi) is 14.0. The van der Waals surface area contributed by atoms with E-state index in [0.717, 1.165) is 53.9 Å². The van der Waals surface area contributed by atoms with Gasteiger partial charge in [0.05, 0.1) is 0 Å². The molecule has 0 bridgehead atoms. The molecule has 3 aromatic carbocycles. The Balaban J connectivity index is 1.70. The van der Waals surface area contributed by atoms with Crippen LogP contribution in [-0.2, 0) is 33.8 Å². The third kappa shape index (κ3) is 11.0. The maximum Gasteiger partial charge on any atom is 0.410 e. The molecule has 4 rings (SSSR count). The standard InChI is InChI=1S/C35H43N3O5S2/c36-33(40)31(24-28-16-18-30(39)19-17-28)37-20-9-11-23-45-44-22-10-3-8-21-38(35(42)43-26-29-14-6-2-7-15-29)32(34(37)41)25-27-12-4-1-5-13-27/h1-2,4-7,12-19,31-32,39H,3,8-11,20-26H2,(H2,36,40)/t31-,32-/m0/s1. The van der Waals surface area contributed by atoms with Crippen LogP contribution in [0.3, 0.4) is 0 Å². The van der Waals surface area contributed by atoms with Crippen molar-refractivity contribution in [2.75, 3.05) is 24.6 Å². The lowest BCUT2D eigenvalue weighted by molar-refractivity contribution is -0.143. The number of aromatic hydroxyl groups is 1. The fourth-order valence-electron chi connectivity index (χ4n) is 5.36. The molecule has 1 aliphatic heterocycles. The highest BCUT2D eigenvalue weighted by Crippen LogP contribution is 2.26. The van der Waals surface area contributed by atoms with Gasteiger partial charge in [-0.2, -0.15) is 0 Å². The summed E-state index contributed by atoms with van der Waals surface area (Å²) in [6.07, 6.45) is 4.12. The van der Waals surface area contributed by atoms with E-state index in [1.807, 2.05) is 82.3 Å². The Labute approximate surface area is 274 Å². The van der Waals surface area contributed by atoms with Gasteiger partial charge in [-0.25, -0.2) is 4.79 Å². The van der Waals surface area contributed by atoms with Crippen molar-refractivity contribution in [1.82, 2.24) is 9.80 Å². The summed E-state index contributed by atoms with van der Waals surface area (Å²) in [5.41, 5.74) is 8.52. The van der Waals surface area contributed by atoms with E-state index >= 15 is 0 Å². The molecule has 1 aliphatic rings. The Morgan fingerprint density at radius 2 is 1.40 bits per heavy atom. The van der Waals surface area contributed by atoms with Gasteiger partial charge in [0.1, 0.15) is 24.4 Å². The number of nitrogens with zero attached hydrogens (tertiary/aromatic N) is 2. The molecule has 1 fully saturated rings. The van der Waals surface area contributed by atoms with E-state index in [4.69, 9.17) is 10.5 Å². The number of hydrogen-bond acceptors (Lipinski definition) is 7. The molecule has 3 N–H and O–H groups in total. The molecule has 1 heterocycles. The molecule has 0 unspecified atom stereocenters. The van der Waals surface area contributed by atoms with Crippen LogP contribution >= 0.6 is 21.6 Å². The molecule has 0 aliphatic carbocycles. The van der Waals surface area contributed by atoms with Crippen molar-refractivity contribution < 1.29 is 24.2 Å². The molecule has 0 spiro atoms. The van der Waals surface area contributed by atoms with Crippen molar-refractivity contribution in [2.24, 2.45) is 5.73 Å². The minimum Gasteiger partial charge on any atom is -0.508 e. The lowest BCUT2D eigenvalue weighted by Crippen LogP contribution is -2.58. The highest BCUT2D eigenvalue weighted by molar-refractivity contribution is 8.76. The summed E-state index contributed by atoms with van der Waals surface area (Å²) in [5, 5.41) is 9.79. The van der Waals surface area contributed by atoms with E-state index < -0.39 is 24.1 Å². The van der Waals surface area contributed by atoms with Gasteiger partial charge in [-0.3, -0.25) is 14.5 Å². The Hall–Kier alpha value is -3.63. The molecule has 3 amide bonds. The second kappa shape index (κ2) is 18.4. The first-order valence-corrected chi connectivity index (χ1v) is 18.0. The Bertz CT molecular complexity index is 1340. The van der Waals surface area contributed by atoms with Crippen LogP contribution < -0.4 is 5.73 Å². The topological polar surface area (TPSA) is 113 Å². The number of nitrogens with two attached hydrogens (primary N) is 1. The predicted octanol–water partition coefficient (Wildman–Crippen LogP) is 6.21. The minimum absolute atomic E-state index is 0.0881. The van der Waals surface area contributed by atoms with E-state index in [2.05, 4.69) is 0 Å². The third-order valence-corrected chi connectivity index (χ3v) is 10.4. The van der Waals surface area contributed by atoms with Gasteiger partial charge in [0, 0.05) is 37.4 Å². The number of phenolic OH excluding ortho intramolecular Hbond substituents is 1. The van der Waals surface area contributed by atoms with E-state index in [9.17, 15) is 19.5 Å². The number of benzene rings is 3. The smallest absolute Gasteiger partial charge is 0.410 e. The van der Waals surface area contributed by atoms with E-state index in [-0.39, 0.29) is 31.1 Å². The Morgan fingerprint density at radius 3 is 2.04 bits per heavy atom. The molecular formula is C35H43N3O5S2. The zero-order valence-corrected chi connectivity index (χ0v) is 27.2. The van der Waals surface area contributed by atoms with Gasteiger partial charge in [0.25, 0.3) is 0 Å². The second-order valence-corrected chi connectivity index (χ2v) is 13.9. The zero-order valence-electron chi connectivity index (χ0n) is 25.6. The average molecular weight is 650 g/mol. The van der Waals surface area contributed by atoms with Crippen LogP contribution in [0.15, 0.2) is 84.9 Å². The van der Waals surface area contributed by atoms with Gasteiger partial charge in [0.15, 0.2) is 0 Å². The zero-order chi connectivity index (χ0) is 31.9. The molecule has 0 aromatic heterocycles. The third-order valence-electron chi connectivity index (χ3n) is 7.81. The monoisotopic (exact) mass is 649 g/mol. The summed E-state index contributed by atoms with van der Waals surface area (Å²) in [6, 6.07) is 23.8. The largest absolute Gasteiger partial charge is 0.508 e. The number of hydrogen-bond donors (Lipinski definition) is 2. The number of rotatable bonds is 8. The maximum atomic E-state index is 14.8. The van der Waals surface area contributed by atoms with Gasteiger partial charge in [0.2, 0.25) is 11.8 Å². The number of carbonyl (C=O) groups excluding carboxylic acids is 3. The minimum atomic E-state index is -0.930. The fourth-order valence-corrected chi connectivity index (χ4v) is 7.65. The number of amides is 3. The molecular weight excluding hydrogens is 607 g/mol. The molecule has 45 heavy (non-hydrogen) atoms. The molecule has 2 atom stereocenters. The summed E-state index contributed by atoms with van der Waals surface area (Å²) in [7, 11) is 3.68. The van der Waals surface area contributed by atoms with Gasteiger partial charge in [-0.05, 0) is 54.5 Å². The van der Waals surface area contributed by atoms with Crippen LogP contribution in [-0.4, -0.2) is 69.5 Å². The lowest BCUT2D eigenvalue weighted by atomic mass is 9.99. The van der Waals surface area contributed by atoms with E-state index in [1.54, 1.807) is 34.1 Å². The lowest BCUT2D eigenvalue weighted by Gasteiger charge is -2.37. The highest BCUT2D eigenvalue weighted by atomic mass is 33.1. The normalized spacial score (nSPS) is 18.0.